The van der Waals surface area contributed by atoms with Crippen molar-refractivity contribution in [1.29, 1.82) is 0 Å². The number of amides is 2. The Morgan fingerprint density at radius 3 is 2.42 bits per heavy atom. The summed E-state index contributed by atoms with van der Waals surface area (Å²) in [5.41, 5.74) is 2.62. The largest absolute Gasteiger partial charge is 0.376 e. The van der Waals surface area contributed by atoms with Crippen LogP contribution in [0.4, 0.5) is 21.5 Å². The Morgan fingerprint density at radius 1 is 1.04 bits per heavy atom. The number of hydrogen-bond donors (Lipinski definition) is 3. The van der Waals surface area contributed by atoms with Gasteiger partial charge in [-0.05, 0) is 49.2 Å². The van der Waals surface area contributed by atoms with Crippen molar-refractivity contribution in [3.05, 3.63) is 52.8 Å². The highest BCUT2D eigenvalue weighted by atomic mass is 35.5. The van der Waals surface area contributed by atoms with E-state index in [9.17, 15) is 14.0 Å². The van der Waals surface area contributed by atoms with Crippen LogP contribution in [-0.4, -0.2) is 18.4 Å². The van der Waals surface area contributed by atoms with Crippen molar-refractivity contribution >= 4 is 40.5 Å². The van der Waals surface area contributed by atoms with Gasteiger partial charge in [0.05, 0.1) is 17.3 Å². The third kappa shape index (κ3) is 5.46. The molecule has 0 aliphatic carbocycles. The SMILES string of the molecule is CCCC(=O)Nc1cccc(NCC(=O)Nc2ccc(F)cc2Cl)c1C. The minimum Gasteiger partial charge on any atom is -0.376 e. The first-order valence-electron chi connectivity index (χ1n) is 8.29. The van der Waals surface area contributed by atoms with Gasteiger partial charge in [-0.2, -0.15) is 0 Å². The highest BCUT2D eigenvalue weighted by Crippen LogP contribution is 2.24. The van der Waals surface area contributed by atoms with Crippen LogP contribution in [0, 0.1) is 12.7 Å². The Bertz CT molecular complexity index is 811. The molecule has 0 aliphatic heterocycles. The summed E-state index contributed by atoms with van der Waals surface area (Å²) in [6.07, 6.45) is 1.23. The first-order chi connectivity index (χ1) is 12.4. The van der Waals surface area contributed by atoms with Gasteiger partial charge in [-0.25, -0.2) is 4.39 Å². The third-order valence-electron chi connectivity index (χ3n) is 3.73. The first kappa shape index (κ1) is 19.7. The summed E-state index contributed by atoms with van der Waals surface area (Å²) in [5.74, 6) is -0.835. The molecule has 5 nitrogen and oxygen atoms in total. The summed E-state index contributed by atoms with van der Waals surface area (Å²) in [4.78, 5) is 23.9. The summed E-state index contributed by atoms with van der Waals surface area (Å²) in [6, 6.07) is 9.20. The summed E-state index contributed by atoms with van der Waals surface area (Å²) in [6.45, 7) is 3.80. The van der Waals surface area contributed by atoms with Crippen LogP contribution in [-0.2, 0) is 9.59 Å². The monoisotopic (exact) mass is 377 g/mol. The zero-order chi connectivity index (χ0) is 19.1. The van der Waals surface area contributed by atoms with Gasteiger partial charge in [0.1, 0.15) is 5.82 Å². The fraction of sp³-hybridized carbons (Fsp3) is 0.263. The van der Waals surface area contributed by atoms with Crippen LogP contribution in [0.1, 0.15) is 25.3 Å². The van der Waals surface area contributed by atoms with E-state index in [1.165, 1.54) is 12.1 Å². The van der Waals surface area contributed by atoms with Crippen LogP contribution < -0.4 is 16.0 Å². The van der Waals surface area contributed by atoms with E-state index in [-0.39, 0.29) is 23.4 Å². The van der Waals surface area contributed by atoms with Gasteiger partial charge in [0.15, 0.2) is 0 Å². The number of nitrogens with one attached hydrogen (secondary N) is 3. The molecule has 0 bridgehead atoms. The molecule has 0 atom stereocenters. The van der Waals surface area contributed by atoms with E-state index in [1.807, 2.05) is 26.0 Å². The summed E-state index contributed by atoms with van der Waals surface area (Å²) < 4.78 is 13.0. The van der Waals surface area contributed by atoms with Gasteiger partial charge in [0.25, 0.3) is 0 Å². The average Bonchev–Trinajstić information content (AvgIpc) is 2.58. The highest BCUT2D eigenvalue weighted by Gasteiger charge is 2.10. The molecule has 0 saturated heterocycles. The van der Waals surface area contributed by atoms with Crippen molar-refractivity contribution in [3.63, 3.8) is 0 Å². The van der Waals surface area contributed by atoms with E-state index >= 15 is 0 Å². The van der Waals surface area contributed by atoms with E-state index in [4.69, 9.17) is 11.6 Å². The number of carbonyl (C=O) groups excluding carboxylic acids is 2. The minimum absolute atomic E-state index is 0.000898. The lowest BCUT2D eigenvalue weighted by Gasteiger charge is -2.14. The topological polar surface area (TPSA) is 70.2 Å². The van der Waals surface area contributed by atoms with Crippen molar-refractivity contribution < 1.29 is 14.0 Å². The van der Waals surface area contributed by atoms with Crippen LogP contribution >= 0.6 is 11.6 Å². The molecule has 0 fully saturated rings. The standard InChI is InChI=1S/C19H21ClFN3O2/c1-3-5-18(25)23-16-7-4-6-15(12(16)2)22-11-19(26)24-17-9-8-13(21)10-14(17)20/h4,6-10,22H,3,5,11H2,1-2H3,(H,23,25)(H,24,26). The molecule has 0 radical (unpaired) electrons. The van der Waals surface area contributed by atoms with Crippen LogP contribution in [0.5, 0.6) is 0 Å². The number of rotatable bonds is 7. The molecule has 2 aromatic carbocycles. The Kier molecular flexibility index (Phi) is 6.97. The average molecular weight is 378 g/mol. The minimum atomic E-state index is -0.469. The molecule has 2 amide bonds. The quantitative estimate of drug-likeness (QED) is 0.661. The Morgan fingerprint density at radius 2 is 1.73 bits per heavy atom. The second-order valence-electron chi connectivity index (χ2n) is 5.80. The molecule has 0 saturated carbocycles. The van der Waals surface area contributed by atoms with Crippen LogP contribution in [0.25, 0.3) is 0 Å². The van der Waals surface area contributed by atoms with Gasteiger partial charge in [-0.1, -0.05) is 24.6 Å². The van der Waals surface area contributed by atoms with Crippen LogP contribution in [0.15, 0.2) is 36.4 Å². The molecular weight excluding hydrogens is 357 g/mol. The van der Waals surface area contributed by atoms with Crippen molar-refractivity contribution in [2.75, 3.05) is 22.5 Å². The van der Waals surface area contributed by atoms with Gasteiger partial charge in [0.2, 0.25) is 11.8 Å². The smallest absolute Gasteiger partial charge is 0.243 e. The van der Waals surface area contributed by atoms with Gasteiger partial charge < -0.3 is 16.0 Å². The normalized spacial score (nSPS) is 10.3. The Balaban J connectivity index is 1.98. The Labute approximate surface area is 156 Å². The number of halogens is 2. The molecule has 26 heavy (non-hydrogen) atoms. The van der Waals surface area contributed by atoms with Crippen LogP contribution in [0.3, 0.4) is 0 Å². The number of hydrogen-bond acceptors (Lipinski definition) is 3. The molecule has 0 unspecified atom stereocenters. The van der Waals surface area contributed by atoms with E-state index in [1.54, 1.807) is 6.07 Å². The molecule has 3 N–H and O–H groups in total. The lowest BCUT2D eigenvalue weighted by atomic mass is 10.1. The lowest BCUT2D eigenvalue weighted by molar-refractivity contribution is -0.116. The molecule has 7 heteroatoms. The van der Waals surface area contributed by atoms with Crippen molar-refractivity contribution in [1.82, 2.24) is 0 Å². The maximum absolute atomic E-state index is 13.0. The van der Waals surface area contributed by atoms with Gasteiger partial charge in [-0.15, -0.1) is 0 Å². The van der Waals surface area contributed by atoms with Gasteiger partial charge in [-0.3, -0.25) is 9.59 Å². The van der Waals surface area contributed by atoms with E-state index in [0.717, 1.165) is 23.7 Å². The Hall–Kier alpha value is -2.60. The molecule has 0 spiro atoms. The summed E-state index contributed by atoms with van der Waals surface area (Å²) in [7, 11) is 0. The zero-order valence-corrected chi connectivity index (χ0v) is 15.4. The summed E-state index contributed by atoms with van der Waals surface area (Å²) >= 11 is 5.90. The fourth-order valence-corrected chi connectivity index (χ4v) is 2.58. The van der Waals surface area contributed by atoms with Crippen molar-refractivity contribution in [2.24, 2.45) is 0 Å². The maximum Gasteiger partial charge on any atom is 0.243 e. The third-order valence-corrected chi connectivity index (χ3v) is 4.04. The van der Waals surface area contributed by atoms with Crippen molar-refractivity contribution in [3.8, 4) is 0 Å². The highest BCUT2D eigenvalue weighted by molar-refractivity contribution is 6.33. The molecule has 2 rings (SSSR count). The van der Waals surface area contributed by atoms with Crippen molar-refractivity contribution in [2.45, 2.75) is 26.7 Å². The van der Waals surface area contributed by atoms with E-state index in [2.05, 4.69) is 16.0 Å². The maximum atomic E-state index is 13.0. The lowest BCUT2D eigenvalue weighted by Crippen LogP contribution is -2.22. The molecule has 0 heterocycles. The predicted octanol–water partition coefficient (Wildman–Crippen LogP) is 4.58. The van der Waals surface area contributed by atoms with Crippen LogP contribution in [0.2, 0.25) is 5.02 Å². The predicted molar refractivity (Wildman–Crippen MR) is 103 cm³/mol. The van der Waals surface area contributed by atoms with Gasteiger partial charge in [0, 0.05) is 17.8 Å². The molecular formula is C19H21ClFN3O2. The molecule has 0 aromatic heterocycles. The molecule has 138 valence electrons. The summed E-state index contributed by atoms with van der Waals surface area (Å²) in [5, 5.41) is 8.64. The number of benzene rings is 2. The zero-order valence-electron chi connectivity index (χ0n) is 14.7. The van der Waals surface area contributed by atoms with E-state index in [0.29, 0.717) is 17.8 Å². The van der Waals surface area contributed by atoms with E-state index < -0.39 is 5.82 Å². The molecule has 2 aromatic rings. The molecule has 0 aliphatic rings. The second-order valence-corrected chi connectivity index (χ2v) is 6.21. The second kappa shape index (κ2) is 9.20. The number of anilines is 3. The fourth-order valence-electron chi connectivity index (χ4n) is 2.36. The van der Waals surface area contributed by atoms with Gasteiger partial charge >= 0.3 is 0 Å². The number of carbonyl (C=O) groups is 2. The first-order valence-corrected chi connectivity index (χ1v) is 8.66.